The average molecular weight is 292 g/mol. The number of anilines is 1. The maximum absolute atomic E-state index is 4.81. The summed E-state index contributed by atoms with van der Waals surface area (Å²) in [6.45, 7) is 5.90. The molecule has 0 unspecified atom stereocenters. The first kappa shape index (κ1) is 13.3. The SMILES string of the molecule is Cc1cccn2cc(CN3CCNCc4ccccc43)nc12. The number of nitrogens with zero attached hydrogens (tertiary/aromatic N) is 3. The van der Waals surface area contributed by atoms with E-state index in [1.165, 1.54) is 16.8 Å². The first-order chi connectivity index (χ1) is 10.8. The van der Waals surface area contributed by atoms with E-state index in [0.717, 1.165) is 37.5 Å². The van der Waals surface area contributed by atoms with Crippen molar-refractivity contribution in [1.82, 2.24) is 14.7 Å². The fourth-order valence-electron chi connectivity index (χ4n) is 3.17. The number of aryl methyl sites for hydroxylation is 1. The van der Waals surface area contributed by atoms with Gasteiger partial charge in [0.1, 0.15) is 5.65 Å². The number of hydrogen-bond donors (Lipinski definition) is 1. The van der Waals surface area contributed by atoms with Crippen molar-refractivity contribution in [3.05, 3.63) is 65.6 Å². The lowest BCUT2D eigenvalue weighted by Crippen LogP contribution is -2.28. The van der Waals surface area contributed by atoms with Gasteiger partial charge in [-0.3, -0.25) is 0 Å². The van der Waals surface area contributed by atoms with Crippen molar-refractivity contribution in [2.24, 2.45) is 0 Å². The molecule has 3 aromatic rings. The third kappa shape index (κ3) is 2.35. The molecule has 0 fully saturated rings. The molecule has 22 heavy (non-hydrogen) atoms. The van der Waals surface area contributed by atoms with Crippen LogP contribution in [0.15, 0.2) is 48.8 Å². The van der Waals surface area contributed by atoms with Crippen LogP contribution in [-0.2, 0) is 13.1 Å². The van der Waals surface area contributed by atoms with Crippen LogP contribution in [0.1, 0.15) is 16.8 Å². The molecule has 0 bridgehead atoms. The lowest BCUT2D eigenvalue weighted by atomic mass is 10.1. The summed E-state index contributed by atoms with van der Waals surface area (Å²) in [5.74, 6) is 0. The standard InChI is InChI=1S/C18H20N4/c1-14-5-4-9-22-13-16(20-18(14)22)12-21-10-8-19-11-15-6-2-3-7-17(15)21/h2-7,9,13,19H,8,10-12H2,1H3. The molecule has 0 atom stereocenters. The van der Waals surface area contributed by atoms with Crippen molar-refractivity contribution in [3.8, 4) is 0 Å². The highest BCUT2D eigenvalue weighted by Crippen LogP contribution is 2.24. The Morgan fingerprint density at radius 2 is 2.09 bits per heavy atom. The fraction of sp³-hybridized carbons (Fsp3) is 0.278. The highest BCUT2D eigenvalue weighted by Gasteiger charge is 2.16. The quantitative estimate of drug-likeness (QED) is 0.788. The van der Waals surface area contributed by atoms with Crippen LogP contribution in [0.25, 0.3) is 5.65 Å². The van der Waals surface area contributed by atoms with E-state index in [-0.39, 0.29) is 0 Å². The average Bonchev–Trinajstić information content (AvgIpc) is 2.84. The fourth-order valence-corrected chi connectivity index (χ4v) is 3.17. The maximum atomic E-state index is 4.81. The van der Waals surface area contributed by atoms with Crippen molar-refractivity contribution in [3.63, 3.8) is 0 Å². The van der Waals surface area contributed by atoms with Gasteiger partial charge in [0.25, 0.3) is 0 Å². The van der Waals surface area contributed by atoms with E-state index in [1.807, 2.05) is 0 Å². The molecule has 4 heteroatoms. The first-order valence-electron chi connectivity index (χ1n) is 7.78. The zero-order valence-electron chi connectivity index (χ0n) is 12.8. The van der Waals surface area contributed by atoms with Gasteiger partial charge in [-0.2, -0.15) is 0 Å². The van der Waals surface area contributed by atoms with Crippen molar-refractivity contribution >= 4 is 11.3 Å². The summed E-state index contributed by atoms with van der Waals surface area (Å²) in [5.41, 5.74) is 6.07. The van der Waals surface area contributed by atoms with E-state index >= 15 is 0 Å². The molecule has 3 heterocycles. The molecule has 0 spiro atoms. The molecule has 0 saturated carbocycles. The van der Waals surface area contributed by atoms with Gasteiger partial charge in [-0.1, -0.05) is 24.3 Å². The highest BCUT2D eigenvalue weighted by atomic mass is 15.2. The second-order valence-corrected chi connectivity index (χ2v) is 5.88. The summed E-state index contributed by atoms with van der Waals surface area (Å²) >= 11 is 0. The predicted molar refractivity (Wildman–Crippen MR) is 89.1 cm³/mol. The maximum Gasteiger partial charge on any atom is 0.140 e. The van der Waals surface area contributed by atoms with E-state index < -0.39 is 0 Å². The highest BCUT2D eigenvalue weighted by molar-refractivity contribution is 5.55. The van der Waals surface area contributed by atoms with Gasteiger partial charge in [-0.15, -0.1) is 0 Å². The van der Waals surface area contributed by atoms with Gasteiger partial charge in [0.2, 0.25) is 0 Å². The topological polar surface area (TPSA) is 32.6 Å². The number of aromatic nitrogens is 2. The predicted octanol–water partition coefficient (Wildman–Crippen LogP) is 2.75. The van der Waals surface area contributed by atoms with Gasteiger partial charge >= 0.3 is 0 Å². The van der Waals surface area contributed by atoms with E-state index in [4.69, 9.17) is 4.98 Å². The minimum absolute atomic E-state index is 0.847. The van der Waals surface area contributed by atoms with E-state index in [9.17, 15) is 0 Å². The monoisotopic (exact) mass is 292 g/mol. The third-order valence-corrected chi connectivity index (χ3v) is 4.29. The lowest BCUT2D eigenvalue weighted by Gasteiger charge is -2.23. The van der Waals surface area contributed by atoms with Crippen molar-refractivity contribution in [2.45, 2.75) is 20.0 Å². The molecule has 4 rings (SSSR count). The molecule has 0 amide bonds. The summed E-state index contributed by atoms with van der Waals surface area (Å²) in [6, 6.07) is 12.8. The number of nitrogens with one attached hydrogen (secondary N) is 1. The Labute approximate surface area is 130 Å². The number of pyridine rings is 1. The van der Waals surface area contributed by atoms with E-state index in [1.54, 1.807) is 0 Å². The normalized spacial score (nSPS) is 14.9. The summed E-state index contributed by atoms with van der Waals surface area (Å²) in [4.78, 5) is 7.23. The number of fused-ring (bicyclic) bond motifs is 2. The Kier molecular flexibility index (Phi) is 3.31. The smallest absolute Gasteiger partial charge is 0.140 e. The molecule has 0 radical (unpaired) electrons. The second kappa shape index (κ2) is 5.46. The minimum Gasteiger partial charge on any atom is -0.364 e. The molecular weight excluding hydrogens is 272 g/mol. The Bertz CT molecular complexity index is 806. The van der Waals surface area contributed by atoms with Crippen molar-refractivity contribution in [2.75, 3.05) is 18.0 Å². The molecule has 2 aromatic heterocycles. The molecule has 1 N–H and O–H groups in total. The van der Waals surface area contributed by atoms with Gasteiger partial charge in [0, 0.05) is 37.7 Å². The Balaban J connectivity index is 1.68. The van der Waals surface area contributed by atoms with Crippen LogP contribution in [-0.4, -0.2) is 22.5 Å². The first-order valence-corrected chi connectivity index (χ1v) is 7.78. The van der Waals surface area contributed by atoms with Crippen LogP contribution in [0.5, 0.6) is 0 Å². The molecule has 4 nitrogen and oxygen atoms in total. The molecule has 1 aliphatic heterocycles. The van der Waals surface area contributed by atoms with E-state index in [0.29, 0.717) is 0 Å². The van der Waals surface area contributed by atoms with Gasteiger partial charge in [0.05, 0.1) is 12.2 Å². The Hall–Kier alpha value is -2.33. The van der Waals surface area contributed by atoms with Crippen LogP contribution in [0.3, 0.4) is 0 Å². The Morgan fingerprint density at radius 3 is 3.00 bits per heavy atom. The van der Waals surface area contributed by atoms with Gasteiger partial charge in [-0.05, 0) is 30.2 Å². The molecular formula is C18H20N4. The molecule has 1 aromatic carbocycles. The summed E-state index contributed by atoms with van der Waals surface area (Å²) in [7, 11) is 0. The zero-order valence-corrected chi connectivity index (χ0v) is 12.8. The van der Waals surface area contributed by atoms with Crippen molar-refractivity contribution < 1.29 is 0 Å². The number of benzene rings is 1. The molecule has 112 valence electrons. The van der Waals surface area contributed by atoms with Crippen molar-refractivity contribution in [1.29, 1.82) is 0 Å². The number of rotatable bonds is 2. The largest absolute Gasteiger partial charge is 0.364 e. The molecule has 1 aliphatic rings. The van der Waals surface area contributed by atoms with Crippen LogP contribution in [0.2, 0.25) is 0 Å². The van der Waals surface area contributed by atoms with Gasteiger partial charge < -0.3 is 14.6 Å². The number of hydrogen-bond acceptors (Lipinski definition) is 3. The summed E-state index contributed by atoms with van der Waals surface area (Å²) in [5, 5.41) is 3.49. The second-order valence-electron chi connectivity index (χ2n) is 5.88. The van der Waals surface area contributed by atoms with E-state index in [2.05, 4.69) is 70.3 Å². The van der Waals surface area contributed by atoms with Gasteiger partial charge in [-0.25, -0.2) is 4.98 Å². The summed E-state index contributed by atoms with van der Waals surface area (Å²) in [6.07, 6.45) is 4.21. The summed E-state index contributed by atoms with van der Waals surface area (Å²) < 4.78 is 2.12. The van der Waals surface area contributed by atoms with Crippen LogP contribution in [0.4, 0.5) is 5.69 Å². The molecule has 0 aliphatic carbocycles. The molecule has 0 saturated heterocycles. The lowest BCUT2D eigenvalue weighted by molar-refractivity contribution is 0.686. The van der Waals surface area contributed by atoms with Crippen LogP contribution < -0.4 is 10.2 Å². The Morgan fingerprint density at radius 1 is 1.18 bits per heavy atom. The zero-order chi connectivity index (χ0) is 14.9. The third-order valence-electron chi connectivity index (χ3n) is 4.29. The number of imidazole rings is 1. The van der Waals surface area contributed by atoms with Crippen LogP contribution >= 0.6 is 0 Å². The number of para-hydroxylation sites is 1. The van der Waals surface area contributed by atoms with Crippen LogP contribution in [0, 0.1) is 6.92 Å². The minimum atomic E-state index is 0.847. The van der Waals surface area contributed by atoms with Gasteiger partial charge in [0.15, 0.2) is 0 Å².